The Morgan fingerprint density at radius 3 is 2.87 bits per heavy atom. The molecule has 0 spiro atoms. The molecule has 0 bridgehead atoms. The summed E-state index contributed by atoms with van der Waals surface area (Å²) in [7, 11) is 0. The Balaban J connectivity index is 1.76. The van der Waals surface area contributed by atoms with Crippen LogP contribution in [0, 0.1) is 11.7 Å². The van der Waals surface area contributed by atoms with Gasteiger partial charge >= 0.3 is 0 Å². The zero-order valence-electron chi connectivity index (χ0n) is 12.5. The normalized spacial score (nSPS) is 21.3. The van der Waals surface area contributed by atoms with Crippen LogP contribution in [-0.2, 0) is 0 Å². The highest BCUT2D eigenvalue weighted by atomic mass is 19.1. The molecule has 0 unspecified atom stereocenters. The Hall–Kier alpha value is -2.21. The van der Waals surface area contributed by atoms with E-state index in [9.17, 15) is 19.1 Å². The van der Waals surface area contributed by atoms with E-state index in [1.165, 1.54) is 12.1 Å². The molecule has 5 nitrogen and oxygen atoms in total. The maximum atomic E-state index is 13.2. The molecule has 1 fully saturated rings. The zero-order chi connectivity index (χ0) is 16.4. The standard InChI is InChI=1S/C17H18FNO4/c18-11-5-6-15-12(7-11)14(21)8-16(23-15)17(22)19-9-10-3-1-2-4-13(10)20/h5-8,10,13,20H,1-4,9H2,(H,19,22)/t10-,13+/m0/s1. The van der Waals surface area contributed by atoms with Gasteiger partial charge in [-0.1, -0.05) is 12.8 Å². The van der Waals surface area contributed by atoms with Crippen LogP contribution in [0.4, 0.5) is 4.39 Å². The van der Waals surface area contributed by atoms with Gasteiger partial charge in [0, 0.05) is 18.5 Å². The fourth-order valence-corrected chi connectivity index (χ4v) is 2.98. The number of amides is 1. The van der Waals surface area contributed by atoms with E-state index in [1.807, 2.05) is 0 Å². The van der Waals surface area contributed by atoms with Crippen LogP contribution in [0.3, 0.4) is 0 Å². The Kier molecular flexibility index (Phi) is 4.43. The van der Waals surface area contributed by atoms with Crippen molar-refractivity contribution in [2.45, 2.75) is 31.8 Å². The summed E-state index contributed by atoms with van der Waals surface area (Å²) < 4.78 is 18.5. The summed E-state index contributed by atoms with van der Waals surface area (Å²) in [6, 6.07) is 4.65. The summed E-state index contributed by atoms with van der Waals surface area (Å²) in [4.78, 5) is 24.1. The quantitative estimate of drug-likeness (QED) is 0.909. The van der Waals surface area contributed by atoms with Gasteiger partial charge in [-0.05, 0) is 31.0 Å². The molecule has 122 valence electrons. The molecular formula is C17H18FNO4. The molecule has 2 aromatic rings. The SMILES string of the molecule is O=C(NC[C@@H]1CCCC[C@H]1O)c1cc(=O)c2cc(F)ccc2o1. The lowest BCUT2D eigenvalue weighted by atomic mass is 9.86. The van der Waals surface area contributed by atoms with Crippen molar-refractivity contribution in [1.29, 1.82) is 0 Å². The zero-order valence-corrected chi connectivity index (χ0v) is 12.5. The molecule has 3 rings (SSSR count). The second-order valence-corrected chi connectivity index (χ2v) is 5.94. The number of nitrogens with one attached hydrogen (secondary N) is 1. The molecule has 1 saturated carbocycles. The largest absolute Gasteiger partial charge is 0.451 e. The van der Waals surface area contributed by atoms with Crippen LogP contribution in [0.15, 0.2) is 33.5 Å². The van der Waals surface area contributed by atoms with E-state index in [4.69, 9.17) is 4.42 Å². The van der Waals surface area contributed by atoms with Crippen molar-refractivity contribution in [3.8, 4) is 0 Å². The summed E-state index contributed by atoms with van der Waals surface area (Å²) in [6.45, 7) is 0.338. The van der Waals surface area contributed by atoms with Crippen molar-refractivity contribution in [3.05, 3.63) is 46.1 Å². The van der Waals surface area contributed by atoms with E-state index in [-0.39, 0.29) is 22.6 Å². The van der Waals surface area contributed by atoms with Crippen molar-refractivity contribution in [3.63, 3.8) is 0 Å². The summed E-state index contributed by atoms with van der Waals surface area (Å²) in [5, 5.41) is 12.7. The third-order valence-electron chi connectivity index (χ3n) is 4.31. The average molecular weight is 319 g/mol. The molecule has 6 heteroatoms. The van der Waals surface area contributed by atoms with Crippen molar-refractivity contribution >= 4 is 16.9 Å². The van der Waals surface area contributed by atoms with Crippen LogP contribution in [-0.4, -0.2) is 23.7 Å². The van der Waals surface area contributed by atoms with E-state index in [0.717, 1.165) is 37.8 Å². The van der Waals surface area contributed by atoms with Crippen LogP contribution in [0.25, 0.3) is 11.0 Å². The number of benzene rings is 1. The van der Waals surface area contributed by atoms with Crippen molar-refractivity contribution in [2.75, 3.05) is 6.54 Å². The fourth-order valence-electron chi connectivity index (χ4n) is 2.98. The van der Waals surface area contributed by atoms with Gasteiger partial charge < -0.3 is 14.8 Å². The first-order valence-electron chi connectivity index (χ1n) is 7.74. The number of hydrogen-bond donors (Lipinski definition) is 2. The lowest BCUT2D eigenvalue weighted by Crippen LogP contribution is -2.36. The third-order valence-corrected chi connectivity index (χ3v) is 4.31. The number of carbonyl (C=O) groups excluding carboxylic acids is 1. The fraction of sp³-hybridized carbons (Fsp3) is 0.412. The average Bonchev–Trinajstić information content (AvgIpc) is 2.54. The first-order chi connectivity index (χ1) is 11.0. The van der Waals surface area contributed by atoms with Crippen LogP contribution in [0.5, 0.6) is 0 Å². The number of aliphatic hydroxyl groups is 1. The Morgan fingerprint density at radius 2 is 2.09 bits per heavy atom. The van der Waals surface area contributed by atoms with Gasteiger partial charge in [0.05, 0.1) is 11.5 Å². The van der Waals surface area contributed by atoms with Crippen LogP contribution >= 0.6 is 0 Å². The molecule has 23 heavy (non-hydrogen) atoms. The van der Waals surface area contributed by atoms with Gasteiger partial charge in [0.25, 0.3) is 5.91 Å². The Morgan fingerprint density at radius 1 is 1.30 bits per heavy atom. The maximum absolute atomic E-state index is 13.2. The molecule has 0 aliphatic heterocycles. The first-order valence-corrected chi connectivity index (χ1v) is 7.74. The summed E-state index contributed by atoms with van der Waals surface area (Å²) >= 11 is 0. The summed E-state index contributed by atoms with van der Waals surface area (Å²) in [5.41, 5.74) is -0.296. The highest BCUT2D eigenvalue weighted by Gasteiger charge is 2.24. The second-order valence-electron chi connectivity index (χ2n) is 5.94. The van der Waals surface area contributed by atoms with Crippen molar-refractivity contribution in [1.82, 2.24) is 5.32 Å². The molecule has 1 amide bonds. The third kappa shape index (κ3) is 3.42. The van der Waals surface area contributed by atoms with E-state index in [1.54, 1.807) is 0 Å². The number of fused-ring (bicyclic) bond motifs is 1. The predicted molar refractivity (Wildman–Crippen MR) is 82.7 cm³/mol. The molecule has 1 aliphatic carbocycles. The summed E-state index contributed by atoms with van der Waals surface area (Å²) in [6.07, 6.45) is 3.24. The van der Waals surface area contributed by atoms with Crippen molar-refractivity contribution in [2.24, 2.45) is 5.92 Å². The van der Waals surface area contributed by atoms with E-state index >= 15 is 0 Å². The van der Waals surface area contributed by atoms with Crippen molar-refractivity contribution < 1.29 is 18.7 Å². The van der Waals surface area contributed by atoms with Gasteiger partial charge in [0.2, 0.25) is 0 Å². The van der Waals surface area contributed by atoms with Gasteiger partial charge in [-0.15, -0.1) is 0 Å². The van der Waals surface area contributed by atoms with E-state index in [2.05, 4.69) is 5.32 Å². The molecule has 1 aromatic carbocycles. The van der Waals surface area contributed by atoms with Gasteiger partial charge in [-0.25, -0.2) is 4.39 Å². The minimum Gasteiger partial charge on any atom is -0.451 e. The maximum Gasteiger partial charge on any atom is 0.287 e. The van der Waals surface area contributed by atoms with Crippen LogP contribution in [0.1, 0.15) is 36.2 Å². The molecule has 2 N–H and O–H groups in total. The monoisotopic (exact) mass is 319 g/mol. The molecular weight excluding hydrogens is 301 g/mol. The number of carbonyl (C=O) groups is 1. The minimum absolute atomic E-state index is 0.0222. The van der Waals surface area contributed by atoms with Gasteiger partial charge in [0.15, 0.2) is 11.2 Å². The topological polar surface area (TPSA) is 79.5 Å². The van der Waals surface area contributed by atoms with E-state index in [0.29, 0.717) is 6.54 Å². The summed E-state index contributed by atoms with van der Waals surface area (Å²) in [5.74, 6) is -1.13. The first kappa shape index (κ1) is 15.7. The molecule has 1 aromatic heterocycles. The van der Waals surface area contributed by atoms with Gasteiger partial charge in [-0.2, -0.15) is 0 Å². The number of rotatable bonds is 3. The lowest BCUT2D eigenvalue weighted by Gasteiger charge is -2.27. The van der Waals surface area contributed by atoms with Crippen LogP contribution < -0.4 is 10.7 Å². The molecule has 0 saturated heterocycles. The predicted octanol–water partition coefficient (Wildman–Crippen LogP) is 2.21. The van der Waals surface area contributed by atoms with Crippen LogP contribution in [0.2, 0.25) is 0 Å². The number of halogens is 1. The highest BCUT2D eigenvalue weighted by molar-refractivity contribution is 5.93. The van der Waals surface area contributed by atoms with E-state index < -0.39 is 23.3 Å². The highest BCUT2D eigenvalue weighted by Crippen LogP contribution is 2.23. The molecule has 0 radical (unpaired) electrons. The van der Waals surface area contributed by atoms with Gasteiger partial charge in [0.1, 0.15) is 11.4 Å². The Bertz CT molecular complexity index is 786. The smallest absolute Gasteiger partial charge is 0.287 e. The minimum atomic E-state index is -0.534. The molecule has 1 heterocycles. The second kappa shape index (κ2) is 6.50. The molecule has 2 atom stereocenters. The molecule has 1 aliphatic rings. The Labute approximate surface area is 132 Å². The lowest BCUT2D eigenvalue weighted by molar-refractivity contribution is 0.0656. The van der Waals surface area contributed by atoms with Gasteiger partial charge in [-0.3, -0.25) is 9.59 Å². The number of aliphatic hydroxyl groups excluding tert-OH is 1. The number of hydrogen-bond acceptors (Lipinski definition) is 4.